The first-order valence-electron chi connectivity index (χ1n) is 17.9. The minimum absolute atomic E-state index is 0.150. The Labute approximate surface area is 317 Å². The second-order valence-electron chi connectivity index (χ2n) is 13.2. The maximum atomic E-state index is 13.1. The largest absolute Gasteiger partial charge is 0.481 e. The molecule has 5 aromatic rings. The zero-order valence-corrected chi connectivity index (χ0v) is 32.3. The van der Waals surface area contributed by atoms with E-state index in [1.807, 2.05) is 44.2 Å². The lowest BCUT2D eigenvalue weighted by Gasteiger charge is -2.20. The molecule has 278 valence electrons. The average molecular weight is 760 g/mol. The first kappa shape index (κ1) is 38.0. The van der Waals surface area contributed by atoms with Gasteiger partial charge in [-0.1, -0.05) is 67.4 Å². The highest BCUT2D eigenvalue weighted by atomic mass is 35.5. The summed E-state index contributed by atoms with van der Waals surface area (Å²) in [4.78, 5) is 50.0. The molecule has 1 unspecified atom stereocenters. The fraction of sp³-hybridized carbons (Fsp3) is 0.385. The number of nitrogens with one attached hydrogen (secondary N) is 3. The monoisotopic (exact) mass is 758 g/mol. The number of carbonyl (C=O) groups is 1. The predicted molar refractivity (Wildman–Crippen MR) is 211 cm³/mol. The van der Waals surface area contributed by atoms with Crippen LogP contribution in [0.3, 0.4) is 0 Å². The molecule has 0 bridgehead atoms. The SMILES string of the molecule is CC.COc1nc(-c2cccc(-c3cccc(Nc4nc(C)nc5c4c(=O)n(C)c(=O)n5C)c3Cl)c2Cl)cc2c1CCC2.O=C1CCC2(CCNC2)N1. The second kappa shape index (κ2) is 15.7. The number of hydrogen-bond donors (Lipinski definition) is 3. The van der Waals surface area contributed by atoms with Crippen LogP contribution < -0.4 is 31.9 Å². The van der Waals surface area contributed by atoms with Gasteiger partial charge < -0.3 is 20.7 Å². The fourth-order valence-electron chi connectivity index (χ4n) is 7.25. The quantitative estimate of drug-likeness (QED) is 0.189. The van der Waals surface area contributed by atoms with Gasteiger partial charge in [0.05, 0.1) is 34.1 Å². The van der Waals surface area contributed by atoms with Crippen LogP contribution in [0.15, 0.2) is 52.1 Å². The van der Waals surface area contributed by atoms with E-state index in [2.05, 4.69) is 32.0 Å². The highest BCUT2D eigenvalue weighted by Crippen LogP contribution is 2.43. The van der Waals surface area contributed by atoms with Crippen LogP contribution in [0.25, 0.3) is 33.4 Å². The van der Waals surface area contributed by atoms with Crippen molar-refractivity contribution in [3.05, 3.63) is 90.3 Å². The fourth-order valence-corrected chi connectivity index (χ4v) is 7.85. The molecule has 2 saturated heterocycles. The molecule has 2 aliphatic heterocycles. The topological polar surface area (TPSA) is 145 Å². The number of ether oxygens (including phenoxy) is 1. The van der Waals surface area contributed by atoms with E-state index in [1.165, 1.54) is 17.2 Å². The number of methoxy groups -OCH3 is 1. The lowest BCUT2D eigenvalue weighted by Crippen LogP contribution is -2.43. The third-order valence-electron chi connectivity index (χ3n) is 9.95. The lowest BCUT2D eigenvalue weighted by molar-refractivity contribution is -0.119. The highest BCUT2D eigenvalue weighted by Gasteiger charge is 2.39. The summed E-state index contributed by atoms with van der Waals surface area (Å²) in [6, 6.07) is 13.3. The Bertz CT molecular complexity index is 2330. The maximum absolute atomic E-state index is 13.1. The number of anilines is 2. The summed E-state index contributed by atoms with van der Waals surface area (Å²) in [5.74, 6) is 1.50. The third-order valence-corrected chi connectivity index (χ3v) is 10.8. The molecular formula is C39H44Cl2N8O4. The minimum Gasteiger partial charge on any atom is -0.481 e. The number of amides is 1. The molecule has 0 radical (unpaired) electrons. The molecule has 53 heavy (non-hydrogen) atoms. The van der Waals surface area contributed by atoms with E-state index < -0.39 is 11.2 Å². The van der Waals surface area contributed by atoms with Crippen molar-refractivity contribution < 1.29 is 9.53 Å². The molecule has 12 nitrogen and oxygen atoms in total. The Balaban J connectivity index is 0.000000340. The van der Waals surface area contributed by atoms with Crippen LogP contribution in [-0.4, -0.2) is 55.7 Å². The number of benzene rings is 2. The van der Waals surface area contributed by atoms with Gasteiger partial charge >= 0.3 is 5.69 Å². The van der Waals surface area contributed by atoms with Crippen molar-refractivity contribution in [2.45, 2.75) is 64.8 Å². The zero-order chi connectivity index (χ0) is 38.0. The number of halogens is 2. The van der Waals surface area contributed by atoms with Gasteiger partial charge in [0, 0.05) is 49.3 Å². The first-order chi connectivity index (χ1) is 25.5. The van der Waals surface area contributed by atoms with Crippen molar-refractivity contribution in [2.24, 2.45) is 14.1 Å². The highest BCUT2D eigenvalue weighted by molar-refractivity contribution is 6.39. The van der Waals surface area contributed by atoms with Crippen molar-refractivity contribution >= 4 is 51.6 Å². The van der Waals surface area contributed by atoms with Gasteiger partial charge in [-0.15, -0.1) is 0 Å². The number of aromatic nitrogens is 5. The number of pyridine rings is 1. The molecule has 1 amide bonds. The van der Waals surface area contributed by atoms with Crippen LogP contribution in [0, 0.1) is 6.92 Å². The molecule has 3 aliphatic rings. The van der Waals surface area contributed by atoms with Crippen molar-refractivity contribution in [3.8, 4) is 28.3 Å². The summed E-state index contributed by atoms with van der Waals surface area (Å²) in [7, 11) is 4.62. The molecule has 3 N–H and O–H groups in total. The van der Waals surface area contributed by atoms with Crippen LogP contribution in [0.1, 0.15) is 56.5 Å². The number of rotatable bonds is 5. The molecule has 14 heteroatoms. The summed E-state index contributed by atoms with van der Waals surface area (Å²) in [6.07, 6.45) is 5.87. The van der Waals surface area contributed by atoms with Gasteiger partial charge in [0.25, 0.3) is 5.56 Å². The third kappa shape index (κ3) is 7.27. The second-order valence-corrected chi connectivity index (χ2v) is 14.0. The van der Waals surface area contributed by atoms with Gasteiger partial charge in [-0.3, -0.25) is 18.7 Å². The van der Waals surface area contributed by atoms with Crippen LogP contribution in [0.4, 0.5) is 11.5 Å². The standard InChI is InChI=1S/C30H26Cl2N6O3.C7H12N2O.C2H6/c1-15-33-26(23-27(34-15)37(2)30(40)38(3)29(23)39)35-21-13-7-11-19(25(21)32)18-10-6-12-20(24(18)31)22-14-16-8-5-9-17(16)28(36-22)41-4;10-6-1-2-7(9-6)3-4-8-5-7;1-2/h6-7,10-14H,5,8-9H2,1-4H3,(H,33,34,35);8H,1-5H2,(H,9,10);1-2H3. The minimum atomic E-state index is -0.508. The molecule has 1 spiro atoms. The number of hydrogen-bond acceptors (Lipinski definition) is 9. The van der Waals surface area contributed by atoms with Crippen LogP contribution in [0.5, 0.6) is 5.88 Å². The molecule has 0 saturated carbocycles. The van der Waals surface area contributed by atoms with E-state index in [-0.39, 0.29) is 28.3 Å². The smallest absolute Gasteiger partial charge is 0.332 e. The van der Waals surface area contributed by atoms with E-state index in [0.717, 1.165) is 78.6 Å². The summed E-state index contributed by atoms with van der Waals surface area (Å²) in [6.45, 7) is 7.72. The van der Waals surface area contributed by atoms with Crippen LogP contribution in [-0.2, 0) is 31.7 Å². The lowest BCUT2D eigenvalue weighted by atomic mass is 9.97. The van der Waals surface area contributed by atoms with Crippen LogP contribution in [0.2, 0.25) is 10.0 Å². The summed E-state index contributed by atoms with van der Waals surface area (Å²) in [5.41, 5.74) is 5.22. The normalized spacial score (nSPS) is 17.2. The first-order valence-corrected chi connectivity index (χ1v) is 18.6. The molecule has 2 aromatic carbocycles. The van der Waals surface area contributed by atoms with Gasteiger partial charge in [0.2, 0.25) is 11.8 Å². The predicted octanol–water partition coefficient (Wildman–Crippen LogP) is 6.27. The molecule has 5 heterocycles. The summed E-state index contributed by atoms with van der Waals surface area (Å²) >= 11 is 14.0. The van der Waals surface area contributed by atoms with E-state index in [9.17, 15) is 14.4 Å². The van der Waals surface area contributed by atoms with Gasteiger partial charge in [-0.2, -0.15) is 0 Å². The van der Waals surface area contributed by atoms with Crippen molar-refractivity contribution in [3.63, 3.8) is 0 Å². The Morgan fingerprint density at radius 1 is 0.887 bits per heavy atom. The Morgan fingerprint density at radius 3 is 2.28 bits per heavy atom. The molecule has 2 fully saturated rings. The van der Waals surface area contributed by atoms with E-state index >= 15 is 0 Å². The summed E-state index contributed by atoms with van der Waals surface area (Å²) < 4.78 is 7.94. The molecule has 3 aromatic heterocycles. The maximum Gasteiger partial charge on any atom is 0.332 e. The Morgan fingerprint density at radius 2 is 1.60 bits per heavy atom. The number of nitrogens with zero attached hydrogens (tertiary/aromatic N) is 5. The molecule has 1 aliphatic carbocycles. The van der Waals surface area contributed by atoms with Crippen molar-refractivity contribution in [1.82, 2.24) is 34.7 Å². The molecular weight excluding hydrogens is 715 g/mol. The van der Waals surface area contributed by atoms with Gasteiger partial charge in [0.1, 0.15) is 17.0 Å². The number of fused-ring (bicyclic) bond motifs is 2. The number of carbonyl (C=O) groups excluding carboxylic acids is 1. The molecule has 1 atom stereocenters. The van der Waals surface area contributed by atoms with E-state index in [0.29, 0.717) is 33.0 Å². The Kier molecular flexibility index (Phi) is 11.2. The van der Waals surface area contributed by atoms with Crippen LogP contribution >= 0.6 is 23.2 Å². The Hall–Kier alpha value is -4.78. The summed E-state index contributed by atoms with van der Waals surface area (Å²) in [5, 5.41) is 10.6. The van der Waals surface area contributed by atoms with E-state index in [4.69, 9.17) is 32.9 Å². The zero-order valence-electron chi connectivity index (χ0n) is 30.8. The average Bonchev–Trinajstić information content (AvgIpc) is 3.93. The van der Waals surface area contributed by atoms with Gasteiger partial charge in [-0.25, -0.2) is 19.7 Å². The van der Waals surface area contributed by atoms with Crippen molar-refractivity contribution in [2.75, 3.05) is 25.5 Å². The van der Waals surface area contributed by atoms with E-state index in [1.54, 1.807) is 27.1 Å². The molecule has 8 rings (SSSR count). The number of aryl methyl sites for hydroxylation is 3. The van der Waals surface area contributed by atoms with Gasteiger partial charge in [0.15, 0.2) is 5.65 Å². The van der Waals surface area contributed by atoms with Crippen molar-refractivity contribution in [1.29, 1.82) is 0 Å². The van der Waals surface area contributed by atoms with Gasteiger partial charge in [-0.05, 0) is 63.3 Å².